The molecule has 0 radical (unpaired) electrons. The van der Waals surface area contributed by atoms with Gasteiger partial charge in [0.25, 0.3) is 0 Å². The highest BCUT2D eigenvalue weighted by Crippen LogP contribution is 2.36. The summed E-state index contributed by atoms with van der Waals surface area (Å²) in [7, 11) is 0. The molecule has 1 unspecified atom stereocenters. The molecule has 94 valence electrons. The molecule has 4 heteroatoms. The number of aromatic amines is 1. The van der Waals surface area contributed by atoms with Crippen molar-refractivity contribution in [2.75, 3.05) is 0 Å². The third kappa shape index (κ3) is 1.81. The third-order valence-corrected chi connectivity index (χ3v) is 3.98. The number of aromatic nitrogens is 3. The Morgan fingerprint density at radius 2 is 2.22 bits per heavy atom. The molecule has 3 rings (SSSR count). The molecule has 0 saturated heterocycles. The summed E-state index contributed by atoms with van der Waals surface area (Å²) in [5.74, 6) is 2.04. The van der Waals surface area contributed by atoms with Gasteiger partial charge in [-0.3, -0.25) is 5.10 Å². The molecule has 2 aromatic rings. The van der Waals surface area contributed by atoms with Gasteiger partial charge in [0.1, 0.15) is 5.82 Å². The molecule has 1 N–H and O–H groups in total. The molecule has 1 atom stereocenters. The van der Waals surface area contributed by atoms with Gasteiger partial charge in [0, 0.05) is 18.4 Å². The molecule has 3 nitrogen and oxygen atoms in total. The number of hydrogen-bond acceptors (Lipinski definition) is 2. The Hall–Kier alpha value is -1.42. The zero-order valence-corrected chi connectivity index (χ0v) is 11.5. The first kappa shape index (κ1) is 11.7. The molecule has 1 heterocycles. The quantitative estimate of drug-likeness (QED) is 0.857. The minimum atomic E-state index is 0.397. The van der Waals surface area contributed by atoms with E-state index in [-0.39, 0.29) is 0 Å². The highest BCUT2D eigenvalue weighted by atomic mass is 32.1. The van der Waals surface area contributed by atoms with Crippen molar-refractivity contribution in [3.05, 3.63) is 46.0 Å². The largest absolute Gasteiger partial charge is 0.303 e. The van der Waals surface area contributed by atoms with Crippen molar-refractivity contribution in [3.8, 4) is 0 Å². The van der Waals surface area contributed by atoms with E-state index in [1.165, 1.54) is 11.1 Å². The molecule has 0 saturated carbocycles. The highest BCUT2D eigenvalue weighted by Gasteiger charge is 2.27. The Labute approximate surface area is 112 Å². The van der Waals surface area contributed by atoms with Crippen LogP contribution in [0, 0.1) is 4.77 Å². The number of H-pyrrole nitrogens is 1. The summed E-state index contributed by atoms with van der Waals surface area (Å²) in [6.45, 7) is 5.24. The molecule has 0 fully saturated rings. The number of hydrogen-bond donors (Lipinski definition) is 1. The van der Waals surface area contributed by atoms with Crippen molar-refractivity contribution in [1.29, 1.82) is 0 Å². The van der Waals surface area contributed by atoms with E-state index in [0.717, 1.165) is 23.6 Å². The predicted molar refractivity (Wildman–Crippen MR) is 74.4 cm³/mol. The van der Waals surface area contributed by atoms with Crippen LogP contribution in [0.5, 0.6) is 0 Å². The van der Waals surface area contributed by atoms with Crippen molar-refractivity contribution in [2.24, 2.45) is 0 Å². The second-order valence-corrected chi connectivity index (χ2v) is 5.64. The lowest BCUT2D eigenvalue weighted by Crippen LogP contribution is -2.23. The van der Waals surface area contributed by atoms with Gasteiger partial charge >= 0.3 is 0 Å². The smallest absolute Gasteiger partial charge is 0.195 e. The van der Waals surface area contributed by atoms with E-state index in [0.29, 0.717) is 11.8 Å². The van der Waals surface area contributed by atoms with Crippen molar-refractivity contribution in [2.45, 2.75) is 38.6 Å². The van der Waals surface area contributed by atoms with Crippen LogP contribution in [0.15, 0.2) is 24.3 Å². The molecule has 0 aliphatic heterocycles. The van der Waals surface area contributed by atoms with Crippen LogP contribution >= 0.6 is 12.2 Å². The highest BCUT2D eigenvalue weighted by molar-refractivity contribution is 7.71. The number of fused-ring (bicyclic) bond motifs is 1. The summed E-state index contributed by atoms with van der Waals surface area (Å²) in [6.07, 6.45) is 1.15. The topological polar surface area (TPSA) is 33.6 Å². The van der Waals surface area contributed by atoms with Crippen LogP contribution in [0.2, 0.25) is 0 Å². The van der Waals surface area contributed by atoms with Gasteiger partial charge in [-0.1, -0.05) is 38.1 Å². The van der Waals surface area contributed by atoms with Gasteiger partial charge in [-0.2, -0.15) is 5.10 Å². The maximum absolute atomic E-state index is 5.33. The molecule has 1 aromatic carbocycles. The molecular formula is C14H17N3S. The molecule has 0 bridgehead atoms. The van der Waals surface area contributed by atoms with Gasteiger partial charge in [0.05, 0.1) is 0 Å². The molecule has 1 aliphatic carbocycles. The minimum Gasteiger partial charge on any atom is -0.303 e. The second-order valence-electron chi connectivity index (χ2n) is 5.25. The Morgan fingerprint density at radius 3 is 2.94 bits per heavy atom. The van der Waals surface area contributed by atoms with Crippen molar-refractivity contribution in [3.63, 3.8) is 0 Å². The van der Waals surface area contributed by atoms with Crippen LogP contribution in [0.1, 0.15) is 42.6 Å². The normalized spacial score (nSPS) is 17.6. The molecule has 0 amide bonds. The fraction of sp³-hybridized carbons (Fsp3) is 0.429. The SMILES string of the molecule is CC(C)c1n[nH]c(=S)n1CC1Cc2ccccc21. The molecule has 1 aliphatic rings. The van der Waals surface area contributed by atoms with Crippen LogP contribution in [-0.4, -0.2) is 14.8 Å². The van der Waals surface area contributed by atoms with Gasteiger partial charge in [-0.05, 0) is 29.8 Å². The van der Waals surface area contributed by atoms with Gasteiger partial charge < -0.3 is 4.57 Å². The van der Waals surface area contributed by atoms with Crippen LogP contribution in [0.4, 0.5) is 0 Å². The predicted octanol–water partition coefficient (Wildman–Crippen LogP) is 3.40. The number of benzene rings is 1. The zero-order chi connectivity index (χ0) is 12.7. The van der Waals surface area contributed by atoms with Gasteiger partial charge in [0.2, 0.25) is 0 Å². The summed E-state index contributed by atoms with van der Waals surface area (Å²) in [5, 5.41) is 7.24. The zero-order valence-electron chi connectivity index (χ0n) is 10.7. The summed E-state index contributed by atoms with van der Waals surface area (Å²) in [6, 6.07) is 8.66. The summed E-state index contributed by atoms with van der Waals surface area (Å²) in [4.78, 5) is 0. The first-order chi connectivity index (χ1) is 8.66. The minimum absolute atomic E-state index is 0.397. The lowest BCUT2D eigenvalue weighted by Gasteiger charge is -2.30. The second kappa shape index (κ2) is 4.35. The Balaban J connectivity index is 1.88. The number of rotatable bonds is 3. The van der Waals surface area contributed by atoms with Crippen LogP contribution < -0.4 is 0 Å². The lowest BCUT2D eigenvalue weighted by molar-refractivity contribution is 0.485. The first-order valence-corrected chi connectivity index (χ1v) is 6.80. The maximum atomic E-state index is 5.33. The van der Waals surface area contributed by atoms with Crippen molar-refractivity contribution >= 4 is 12.2 Å². The lowest BCUT2D eigenvalue weighted by atomic mass is 9.77. The van der Waals surface area contributed by atoms with Gasteiger partial charge in [-0.25, -0.2) is 0 Å². The van der Waals surface area contributed by atoms with Crippen LogP contribution in [-0.2, 0) is 13.0 Å². The maximum Gasteiger partial charge on any atom is 0.195 e. The molecular weight excluding hydrogens is 242 g/mol. The van der Waals surface area contributed by atoms with E-state index in [1.54, 1.807) is 0 Å². The average Bonchev–Trinajstić information content (AvgIpc) is 2.68. The summed E-state index contributed by atoms with van der Waals surface area (Å²) < 4.78 is 2.89. The van der Waals surface area contributed by atoms with E-state index in [9.17, 15) is 0 Å². The number of nitrogens with one attached hydrogen (secondary N) is 1. The monoisotopic (exact) mass is 259 g/mol. The summed E-state index contributed by atoms with van der Waals surface area (Å²) >= 11 is 5.33. The molecule has 1 aromatic heterocycles. The fourth-order valence-corrected chi connectivity index (χ4v) is 2.91. The van der Waals surface area contributed by atoms with Gasteiger partial charge in [0.15, 0.2) is 4.77 Å². The Kier molecular flexibility index (Phi) is 2.82. The third-order valence-electron chi connectivity index (χ3n) is 3.67. The van der Waals surface area contributed by atoms with E-state index in [4.69, 9.17) is 12.2 Å². The summed E-state index contributed by atoms with van der Waals surface area (Å²) in [5.41, 5.74) is 2.94. The Bertz CT molecular complexity index is 624. The fourth-order valence-electron chi connectivity index (χ4n) is 2.69. The van der Waals surface area contributed by atoms with Crippen molar-refractivity contribution in [1.82, 2.24) is 14.8 Å². The van der Waals surface area contributed by atoms with Gasteiger partial charge in [-0.15, -0.1) is 0 Å². The first-order valence-electron chi connectivity index (χ1n) is 6.39. The van der Waals surface area contributed by atoms with E-state index >= 15 is 0 Å². The van der Waals surface area contributed by atoms with E-state index in [2.05, 4.69) is 52.9 Å². The molecule has 0 spiro atoms. The van der Waals surface area contributed by atoms with Crippen molar-refractivity contribution < 1.29 is 0 Å². The van der Waals surface area contributed by atoms with E-state index < -0.39 is 0 Å². The number of nitrogens with zero attached hydrogens (tertiary/aromatic N) is 2. The van der Waals surface area contributed by atoms with Crippen LogP contribution in [0.25, 0.3) is 0 Å². The Morgan fingerprint density at radius 1 is 1.44 bits per heavy atom. The average molecular weight is 259 g/mol. The van der Waals surface area contributed by atoms with E-state index in [1.807, 2.05) is 0 Å². The standard InChI is InChI=1S/C14H17N3S/c1-9(2)13-15-16-14(18)17(13)8-11-7-10-5-3-4-6-12(10)11/h3-6,9,11H,7-8H2,1-2H3,(H,16,18). The molecule has 18 heavy (non-hydrogen) atoms. The van der Waals surface area contributed by atoms with Crippen LogP contribution in [0.3, 0.4) is 0 Å².